The quantitative estimate of drug-likeness (QED) is 0.413. The van der Waals surface area contributed by atoms with Gasteiger partial charge in [-0.15, -0.1) is 0 Å². The Kier molecular flexibility index (Phi) is 6.28. The van der Waals surface area contributed by atoms with E-state index < -0.39 is 15.9 Å². The van der Waals surface area contributed by atoms with Gasteiger partial charge in [0.05, 0.1) is 17.6 Å². The highest BCUT2D eigenvalue weighted by Crippen LogP contribution is 2.22. The monoisotopic (exact) mass is 431 g/mol. The molecule has 2 aromatic heterocycles. The molecule has 30 heavy (non-hydrogen) atoms. The van der Waals surface area contributed by atoms with Crippen molar-refractivity contribution in [1.82, 2.24) is 24.2 Å². The molecule has 2 heterocycles. The molecule has 0 aliphatic heterocycles. The van der Waals surface area contributed by atoms with Crippen LogP contribution in [-0.4, -0.2) is 54.0 Å². The summed E-state index contributed by atoms with van der Waals surface area (Å²) in [6.45, 7) is 2.22. The second-order valence-electron chi connectivity index (χ2n) is 6.16. The normalized spacial score (nSPS) is 11.3. The molecule has 0 spiro atoms. The fraction of sp³-hybridized carbons (Fsp3) is 0.222. The van der Waals surface area contributed by atoms with Gasteiger partial charge in [-0.1, -0.05) is 0 Å². The number of hydrogen-bond donors (Lipinski definition) is 3. The third-order valence-electron chi connectivity index (χ3n) is 4.20. The number of ether oxygens (including phenoxy) is 1. The molecule has 0 fully saturated rings. The van der Waals surface area contributed by atoms with Gasteiger partial charge in [0.15, 0.2) is 0 Å². The molecule has 0 saturated carbocycles. The average Bonchev–Trinajstić information content (AvgIpc) is 3.16. The molecule has 4 N–H and O–H groups in total. The summed E-state index contributed by atoms with van der Waals surface area (Å²) in [7, 11) is -2.48. The van der Waals surface area contributed by atoms with E-state index in [-0.39, 0.29) is 29.3 Å². The summed E-state index contributed by atoms with van der Waals surface area (Å²) in [6, 6.07) is 5.63. The number of carbonyl (C=O) groups excluding carboxylic acids is 1. The van der Waals surface area contributed by atoms with Crippen LogP contribution in [-0.2, 0) is 10.0 Å². The first-order valence-corrected chi connectivity index (χ1v) is 10.3. The minimum Gasteiger partial charge on any atom is -0.496 e. The Labute approximate surface area is 173 Å². The zero-order valence-corrected chi connectivity index (χ0v) is 17.2. The maximum atomic E-state index is 12.5. The summed E-state index contributed by atoms with van der Waals surface area (Å²) in [5.74, 6) is 1.38. The fourth-order valence-corrected chi connectivity index (χ4v) is 3.76. The molecule has 1 amide bonds. The van der Waals surface area contributed by atoms with Gasteiger partial charge >= 0.3 is 0 Å². The van der Waals surface area contributed by atoms with E-state index in [0.717, 1.165) is 5.82 Å². The predicted molar refractivity (Wildman–Crippen MR) is 109 cm³/mol. The lowest BCUT2D eigenvalue weighted by Gasteiger charge is -2.11. The van der Waals surface area contributed by atoms with Gasteiger partial charge in [0.1, 0.15) is 29.5 Å². The summed E-state index contributed by atoms with van der Waals surface area (Å²) in [6.07, 6.45) is 4.86. The highest BCUT2D eigenvalue weighted by molar-refractivity contribution is 7.89. The van der Waals surface area contributed by atoms with Crippen molar-refractivity contribution >= 4 is 21.7 Å². The first-order valence-electron chi connectivity index (χ1n) is 8.85. The predicted octanol–water partition coefficient (Wildman–Crippen LogP) is 0.469. The third-order valence-corrected chi connectivity index (χ3v) is 5.65. The largest absolute Gasteiger partial charge is 0.496 e. The molecule has 0 radical (unpaired) electrons. The topological polar surface area (TPSA) is 154 Å². The molecule has 0 saturated heterocycles. The van der Waals surface area contributed by atoms with Gasteiger partial charge in [-0.3, -0.25) is 9.36 Å². The van der Waals surface area contributed by atoms with Crippen LogP contribution < -0.4 is 20.5 Å². The molecule has 3 rings (SSSR count). The van der Waals surface area contributed by atoms with Gasteiger partial charge < -0.3 is 15.8 Å². The van der Waals surface area contributed by atoms with E-state index in [0.29, 0.717) is 11.6 Å². The molecule has 0 atom stereocenters. The molecule has 11 nitrogen and oxygen atoms in total. The number of rotatable bonds is 9. The molecule has 0 aliphatic carbocycles. The van der Waals surface area contributed by atoms with Crippen molar-refractivity contribution in [3.05, 3.63) is 54.4 Å². The van der Waals surface area contributed by atoms with Crippen LogP contribution in [0.4, 0.5) is 5.82 Å². The lowest BCUT2D eigenvalue weighted by molar-refractivity contribution is 0.0997. The Morgan fingerprint density at radius 2 is 2.00 bits per heavy atom. The van der Waals surface area contributed by atoms with Crippen molar-refractivity contribution in [1.29, 1.82) is 0 Å². The van der Waals surface area contributed by atoms with E-state index >= 15 is 0 Å². The maximum absolute atomic E-state index is 12.5. The second kappa shape index (κ2) is 8.88. The van der Waals surface area contributed by atoms with Crippen LogP contribution >= 0.6 is 0 Å². The van der Waals surface area contributed by atoms with Gasteiger partial charge in [-0.05, 0) is 25.1 Å². The second-order valence-corrected chi connectivity index (χ2v) is 7.92. The molecular weight excluding hydrogens is 410 g/mol. The first kappa shape index (κ1) is 21.2. The molecule has 0 bridgehead atoms. The number of hydrogen-bond acceptors (Lipinski definition) is 8. The molecule has 3 aromatic rings. The van der Waals surface area contributed by atoms with Crippen LogP contribution in [0.3, 0.4) is 0 Å². The van der Waals surface area contributed by atoms with Gasteiger partial charge in [0.25, 0.3) is 5.91 Å². The Morgan fingerprint density at radius 1 is 1.20 bits per heavy atom. The third kappa shape index (κ3) is 4.72. The maximum Gasteiger partial charge on any atom is 0.252 e. The van der Waals surface area contributed by atoms with Crippen LogP contribution in [0.15, 0.2) is 47.9 Å². The summed E-state index contributed by atoms with van der Waals surface area (Å²) in [5.41, 5.74) is 5.27. The van der Waals surface area contributed by atoms with E-state index in [1.54, 1.807) is 23.0 Å². The number of anilines is 1. The van der Waals surface area contributed by atoms with Crippen molar-refractivity contribution in [3.63, 3.8) is 0 Å². The van der Waals surface area contributed by atoms with E-state index in [2.05, 4.69) is 25.0 Å². The SMILES string of the molecule is COc1ccc(S(=O)(=O)NCCNc2cc(-n3ccnc3C)ncn2)cc1C(N)=O. The number of aromatic nitrogens is 4. The number of methoxy groups -OCH3 is 1. The Bertz CT molecular complexity index is 1160. The fourth-order valence-electron chi connectivity index (χ4n) is 2.70. The molecule has 0 aliphatic rings. The van der Waals surface area contributed by atoms with Crippen molar-refractivity contribution < 1.29 is 17.9 Å². The average molecular weight is 431 g/mol. The zero-order valence-electron chi connectivity index (χ0n) is 16.4. The van der Waals surface area contributed by atoms with Crippen LogP contribution in [0.25, 0.3) is 5.82 Å². The number of amides is 1. The number of nitrogens with zero attached hydrogens (tertiary/aromatic N) is 4. The number of nitrogens with two attached hydrogens (primary N) is 1. The number of nitrogens with one attached hydrogen (secondary N) is 2. The standard InChI is InChI=1S/C18H21N7O4S/c1-12-20-7-8-25(12)17-10-16(22-11-23-17)21-5-6-24-30(27,28)13-3-4-15(29-2)14(9-13)18(19)26/h3-4,7-11,24H,5-6H2,1-2H3,(H2,19,26)(H,21,22,23). The lowest BCUT2D eigenvalue weighted by Crippen LogP contribution is -2.29. The summed E-state index contributed by atoms with van der Waals surface area (Å²) >= 11 is 0. The molecular formula is C18H21N7O4S. The van der Waals surface area contributed by atoms with E-state index in [1.807, 2.05) is 6.92 Å². The molecule has 12 heteroatoms. The highest BCUT2D eigenvalue weighted by Gasteiger charge is 2.18. The number of benzene rings is 1. The Hall–Kier alpha value is -3.51. The van der Waals surface area contributed by atoms with Gasteiger partial charge in [-0.2, -0.15) is 0 Å². The zero-order chi connectivity index (χ0) is 21.7. The van der Waals surface area contributed by atoms with Crippen molar-refractivity contribution in [2.45, 2.75) is 11.8 Å². The Morgan fingerprint density at radius 3 is 2.67 bits per heavy atom. The number of imidazole rings is 1. The van der Waals surface area contributed by atoms with Crippen molar-refractivity contribution in [2.24, 2.45) is 5.73 Å². The molecule has 0 unspecified atom stereocenters. The minimum absolute atomic E-state index is 0.0122. The summed E-state index contributed by atoms with van der Waals surface area (Å²) in [4.78, 5) is 23.9. The van der Waals surface area contributed by atoms with Crippen LogP contribution in [0.1, 0.15) is 16.2 Å². The van der Waals surface area contributed by atoms with Crippen LogP contribution in [0.2, 0.25) is 0 Å². The smallest absolute Gasteiger partial charge is 0.252 e. The van der Waals surface area contributed by atoms with E-state index in [9.17, 15) is 13.2 Å². The van der Waals surface area contributed by atoms with Crippen LogP contribution in [0, 0.1) is 6.92 Å². The molecule has 158 valence electrons. The van der Waals surface area contributed by atoms with Crippen molar-refractivity contribution in [2.75, 3.05) is 25.5 Å². The van der Waals surface area contributed by atoms with Gasteiger partial charge in [0.2, 0.25) is 10.0 Å². The number of primary amides is 1. The lowest BCUT2D eigenvalue weighted by atomic mass is 10.2. The summed E-state index contributed by atoms with van der Waals surface area (Å²) in [5, 5.41) is 3.03. The van der Waals surface area contributed by atoms with Gasteiger partial charge in [-0.25, -0.2) is 28.1 Å². The van der Waals surface area contributed by atoms with Crippen LogP contribution in [0.5, 0.6) is 5.75 Å². The summed E-state index contributed by atoms with van der Waals surface area (Å²) < 4.78 is 34.3. The number of aryl methyl sites for hydroxylation is 1. The number of carbonyl (C=O) groups is 1. The van der Waals surface area contributed by atoms with Crippen molar-refractivity contribution in [3.8, 4) is 11.6 Å². The van der Waals surface area contributed by atoms with Gasteiger partial charge in [0, 0.05) is 31.5 Å². The first-order chi connectivity index (χ1) is 14.3. The molecule has 1 aromatic carbocycles. The van der Waals surface area contributed by atoms with E-state index in [1.165, 1.54) is 31.6 Å². The highest BCUT2D eigenvalue weighted by atomic mass is 32.2. The minimum atomic E-state index is -3.84. The van der Waals surface area contributed by atoms with E-state index in [4.69, 9.17) is 10.5 Å². The number of sulfonamides is 1. The Balaban J connectivity index is 1.62.